The van der Waals surface area contributed by atoms with E-state index in [2.05, 4.69) is 20.9 Å². The van der Waals surface area contributed by atoms with Gasteiger partial charge < -0.3 is 15.7 Å². The number of benzene rings is 2. The molecule has 0 saturated heterocycles. The number of carbonyl (C=O) groups is 2. The van der Waals surface area contributed by atoms with Gasteiger partial charge in [-0.3, -0.25) is 10.1 Å². The number of nitrogens with zero attached hydrogens (tertiary/aromatic N) is 1. The van der Waals surface area contributed by atoms with Crippen molar-refractivity contribution in [3.05, 3.63) is 82.8 Å². The molecule has 0 aliphatic heterocycles. The van der Waals surface area contributed by atoms with Gasteiger partial charge >= 0.3 is 6.09 Å². The highest BCUT2D eigenvalue weighted by Gasteiger charge is 2.24. The second-order valence-electron chi connectivity index (χ2n) is 7.47. The molecule has 0 spiro atoms. The van der Waals surface area contributed by atoms with E-state index < -0.39 is 17.8 Å². The lowest BCUT2D eigenvalue weighted by Gasteiger charge is -2.14. The highest BCUT2D eigenvalue weighted by Crippen LogP contribution is 2.25. The highest BCUT2D eigenvalue weighted by molar-refractivity contribution is 5.95. The van der Waals surface area contributed by atoms with Gasteiger partial charge in [0.25, 0.3) is 5.91 Å². The van der Waals surface area contributed by atoms with Crippen LogP contribution in [0.4, 0.5) is 26.4 Å². The number of anilines is 3. The molecule has 4 N–H and O–H groups in total. The van der Waals surface area contributed by atoms with E-state index in [0.29, 0.717) is 18.4 Å². The van der Waals surface area contributed by atoms with Crippen LogP contribution in [0.3, 0.4) is 0 Å². The van der Waals surface area contributed by atoms with E-state index in [1.54, 1.807) is 19.1 Å². The minimum Gasteiger partial charge on any atom is -0.465 e. The van der Waals surface area contributed by atoms with Gasteiger partial charge in [-0.15, -0.1) is 0 Å². The molecule has 1 aliphatic carbocycles. The molecule has 1 heterocycles. The van der Waals surface area contributed by atoms with E-state index >= 15 is 0 Å². The van der Waals surface area contributed by atoms with Crippen LogP contribution in [0.1, 0.15) is 27.2 Å². The van der Waals surface area contributed by atoms with Gasteiger partial charge in [0, 0.05) is 12.1 Å². The lowest BCUT2D eigenvalue weighted by molar-refractivity contribution is 0.0933. The third kappa shape index (κ3) is 4.63. The number of hydrogen-bond acceptors (Lipinski definition) is 4. The number of carbonyl (C=O) groups excluding carboxylic acids is 1. The minimum atomic E-state index is -1.28. The van der Waals surface area contributed by atoms with Gasteiger partial charge in [0.2, 0.25) is 0 Å². The summed E-state index contributed by atoms with van der Waals surface area (Å²) in [6.07, 6.45) is 0.153. The van der Waals surface area contributed by atoms with Crippen LogP contribution in [0.5, 0.6) is 0 Å². The maximum atomic E-state index is 14.4. The van der Waals surface area contributed by atoms with Gasteiger partial charge in [0.05, 0.1) is 11.4 Å². The van der Waals surface area contributed by atoms with Gasteiger partial charge in [-0.2, -0.15) is 0 Å². The molecule has 0 radical (unpaired) electrons. The first-order chi connectivity index (χ1) is 14.9. The van der Waals surface area contributed by atoms with Gasteiger partial charge in [-0.25, -0.2) is 14.2 Å². The summed E-state index contributed by atoms with van der Waals surface area (Å²) in [6.45, 7) is 1.63. The minimum absolute atomic E-state index is 0.0257. The Labute approximate surface area is 178 Å². The van der Waals surface area contributed by atoms with E-state index in [9.17, 15) is 14.0 Å². The Balaban J connectivity index is 1.57. The average Bonchev–Trinajstić information content (AvgIpc) is 3.13. The van der Waals surface area contributed by atoms with Crippen molar-refractivity contribution in [2.45, 2.75) is 25.8 Å². The van der Waals surface area contributed by atoms with Crippen LogP contribution in [-0.2, 0) is 12.8 Å². The number of aromatic nitrogens is 1. The van der Waals surface area contributed by atoms with Gasteiger partial charge in [-0.1, -0.05) is 36.4 Å². The number of amides is 2. The highest BCUT2D eigenvalue weighted by atomic mass is 19.1. The third-order valence-corrected chi connectivity index (χ3v) is 5.15. The monoisotopic (exact) mass is 420 g/mol. The quantitative estimate of drug-likeness (QED) is 0.494. The molecule has 2 amide bonds. The second-order valence-corrected chi connectivity index (χ2v) is 7.47. The SMILES string of the molecule is Cc1cccc(Nc2cc(NC(=O)O)cc(C(=O)NC3Cc4ccccc4C3)n2)c1F. The van der Waals surface area contributed by atoms with E-state index in [1.165, 1.54) is 29.3 Å². The van der Waals surface area contributed by atoms with Crippen molar-refractivity contribution in [3.63, 3.8) is 0 Å². The first-order valence-corrected chi connectivity index (χ1v) is 9.81. The molecule has 31 heavy (non-hydrogen) atoms. The van der Waals surface area contributed by atoms with Crippen molar-refractivity contribution in [1.82, 2.24) is 10.3 Å². The van der Waals surface area contributed by atoms with Crippen LogP contribution in [0.15, 0.2) is 54.6 Å². The maximum Gasteiger partial charge on any atom is 0.409 e. The smallest absolute Gasteiger partial charge is 0.409 e. The van der Waals surface area contributed by atoms with Crippen molar-refractivity contribution in [1.29, 1.82) is 0 Å². The molecule has 1 aromatic heterocycles. The lowest BCUT2D eigenvalue weighted by Crippen LogP contribution is -2.35. The summed E-state index contributed by atoms with van der Waals surface area (Å²) in [5, 5.41) is 17.1. The molecule has 0 unspecified atom stereocenters. The first kappa shape index (κ1) is 20.3. The fourth-order valence-electron chi connectivity index (χ4n) is 3.71. The van der Waals surface area contributed by atoms with Crippen LogP contribution >= 0.6 is 0 Å². The molecule has 0 bridgehead atoms. The van der Waals surface area contributed by atoms with Crippen molar-refractivity contribution in [2.24, 2.45) is 0 Å². The van der Waals surface area contributed by atoms with Crippen molar-refractivity contribution < 1.29 is 19.1 Å². The Morgan fingerprint density at radius 3 is 2.45 bits per heavy atom. The molecular weight excluding hydrogens is 399 g/mol. The number of pyridine rings is 1. The zero-order valence-electron chi connectivity index (χ0n) is 16.8. The number of aryl methyl sites for hydroxylation is 1. The van der Waals surface area contributed by atoms with E-state index in [-0.39, 0.29) is 28.9 Å². The Bertz CT molecular complexity index is 1140. The van der Waals surface area contributed by atoms with Crippen LogP contribution < -0.4 is 16.0 Å². The van der Waals surface area contributed by atoms with Crippen molar-refractivity contribution in [3.8, 4) is 0 Å². The zero-order valence-corrected chi connectivity index (χ0v) is 16.8. The Kier molecular flexibility index (Phi) is 5.53. The van der Waals surface area contributed by atoms with Crippen LogP contribution in [0.2, 0.25) is 0 Å². The van der Waals surface area contributed by atoms with Gasteiger partial charge in [0.1, 0.15) is 17.3 Å². The van der Waals surface area contributed by atoms with Crippen molar-refractivity contribution in [2.75, 3.05) is 10.6 Å². The molecule has 7 nitrogen and oxygen atoms in total. The number of nitrogens with one attached hydrogen (secondary N) is 3. The fourth-order valence-corrected chi connectivity index (χ4v) is 3.71. The number of hydrogen-bond donors (Lipinski definition) is 4. The molecule has 0 saturated carbocycles. The Morgan fingerprint density at radius 2 is 1.77 bits per heavy atom. The largest absolute Gasteiger partial charge is 0.465 e. The standard InChI is InChI=1S/C23H21FN4O3/c1-13-5-4-8-18(21(13)24)27-20-12-17(26-23(30)31)11-19(28-20)22(29)25-16-9-14-6-2-3-7-15(14)10-16/h2-8,11-12,16H,9-10H2,1H3,(H,25,29)(H,30,31)(H2,26,27,28). The topological polar surface area (TPSA) is 103 Å². The second kappa shape index (κ2) is 8.43. The summed E-state index contributed by atoms with van der Waals surface area (Å²) in [7, 11) is 0. The lowest BCUT2D eigenvalue weighted by atomic mass is 10.1. The Morgan fingerprint density at radius 1 is 1.06 bits per heavy atom. The molecule has 4 rings (SSSR count). The normalized spacial score (nSPS) is 12.8. The van der Waals surface area contributed by atoms with E-state index in [1.807, 2.05) is 24.3 Å². The van der Waals surface area contributed by atoms with Gasteiger partial charge in [-0.05, 0) is 48.6 Å². The van der Waals surface area contributed by atoms with Crippen molar-refractivity contribution >= 4 is 29.2 Å². The number of carboxylic acid groups (broad SMARTS) is 1. The number of rotatable bonds is 5. The molecule has 1 aliphatic rings. The van der Waals surface area contributed by atoms with Crippen LogP contribution in [0.25, 0.3) is 0 Å². The summed E-state index contributed by atoms with van der Waals surface area (Å²) >= 11 is 0. The van der Waals surface area contributed by atoms with E-state index in [0.717, 1.165) is 0 Å². The predicted molar refractivity (Wildman–Crippen MR) is 115 cm³/mol. The predicted octanol–water partition coefficient (Wildman–Crippen LogP) is 4.26. The summed E-state index contributed by atoms with van der Waals surface area (Å²) < 4.78 is 14.4. The molecule has 0 atom stereocenters. The maximum absolute atomic E-state index is 14.4. The zero-order chi connectivity index (χ0) is 22.0. The summed E-state index contributed by atoms with van der Waals surface area (Å²) in [5.74, 6) is -0.731. The average molecular weight is 420 g/mol. The first-order valence-electron chi connectivity index (χ1n) is 9.81. The Hall–Kier alpha value is -3.94. The van der Waals surface area contributed by atoms with Crippen LogP contribution in [0, 0.1) is 12.7 Å². The summed E-state index contributed by atoms with van der Waals surface area (Å²) in [6, 6.07) is 15.5. The fraction of sp³-hybridized carbons (Fsp3) is 0.174. The van der Waals surface area contributed by atoms with E-state index in [4.69, 9.17) is 5.11 Å². The van der Waals surface area contributed by atoms with Gasteiger partial charge in [0.15, 0.2) is 0 Å². The number of halogens is 1. The molecule has 158 valence electrons. The number of fused-ring (bicyclic) bond motifs is 1. The molecular formula is C23H21FN4O3. The molecule has 2 aromatic carbocycles. The van der Waals surface area contributed by atoms with Crippen LogP contribution in [-0.4, -0.2) is 28.1 Å². The molecule has 3 aromatic rings. The summed E-state index contributed by atoms with van der Waals surface area (Å²) in [4.78, 5) is 28.3. The third-order valence-electron chi connectivity index (χ3n) is 5.15. The molecule has 0 fully saturated rings. The summed E-state index contributed by atoms with van der Waals surface area (Å²) in [5.41, 5.74) is 3.19. The molecule has 8 heteroatoms.